The van der Waals surface area contributed by atoms with E-state index in [1.54, 1.807) is 13.8 Å². The number of ether oxygens (including phenoxy) is 3. The van der Waals surface area contributed by atoms with E-state index in [0.29, 0.717) is 37.7 Å². The molecule has 31 heavy (non-hydrogen) atoms. The van der Waals surface area contributed by atoms with Gasteiger partial charge in [-0.05, 0) is 13.8 Å². The highest BCUT2D eigenvalue weighted by molar-refractivity contribution is 5.89. The van der Waals surface area contributed by atoms with Gasteiger partial charge in [-0.2, -0.15) is 0 Å². The molecule has 12 nitrogen and oxygen atoms in total. The Morgan fingerprint density at radius 2 is 2.06 bits per heavy atom. The number of rotatable bonds is 7. The van der Waals surface area contributed by atoms with Gasteiger partial charge in [-0.15, -0.1) is 0 Å². The molecule has 166 valence electrons. The second-order valence-electron chi connectivity index (χ2n) is 6.96. The fourth-order valence-electron chi connectivity index (χ4n) is 3.06. The Hall–Kier alpha value is -3.67. The minimum atomic E-state index is -0.794. The second-order valence-corrected chi connectivity index (χ2v) is 6.96. The van der Waals surface area contributed by atoms with Crippen LogP contribution in [0.5, 0.6) is 5.75 Å². The lowest BCUT2D eigenvalue weighted by molar-refractivity contribution is -0.384. The van der Waals surface area contributed by atoms with E-state index < -0.39 is 22.6 Å². The monoisotopic (exact) mass is 433 g/mol. The van der Waals surface area contributed by atoms with Gasteiger partial charge in [0.15, 0.2) is 5.75 Å². The number of benzene rings is 1. The van der Waals surface area contributed by atoms with Crippen LogP contribution >= 0.6 is 0 Å². The average molecular weight is 433 g/mol. The standard InChI is InChI=1S/C19H23N5O7/c1-11(2)31-18(26)13-10-20-19(22-17(13)25)21-14-8-12(24(27)28)9-15(16(14)29-3)23-4-6-30-7-5-23/h8-11H,4-7H2,1-3H3,(H2,20,21,22,25). The van der Waals surface area contributed by atoms with Crippen LogP contribution in [-0.2, 0) is 9.47 Å². The topological polar surface area (TPSA) is 149 Å². The van der Waals surface area contributed by atoms with Crippen molar-refractivity contribution in [3.8, 4) is 5.75 Å². The molecule has 0 bridgehead atoms. The molecule has 0 amide bonds. The lowest BCUT2D eigenvalue weighted by Gasteiger charge is -2.30. The predicted octanol–water partition coefficient (Wildman–Crippen LogP) is 1.83. The van der Waals surface area contributed by atoms with Gasteiger partial charge < -0.3 is 24.4 Å². The van der Waals surface area contributed by atoms with Crippen molar-refractivity contribution in [1.29, 1.82) is 0 Å². The molecule has 0 spiro atoms. The quantitative estimate of drug-likeness (QED) is 0.376. The maximum Gasteiger partial charge on any atom is 0.345 e. The first-order valence-corrected chi connectivity index (χ1v) is 9.56. The minimum absolute atomic E-state index is 0.0159. The number of non-ortho nitro benzene ring substituents is 1. The Morgan fingerprint density at radius 3 is 2.65 bits per heavy atom. The van der Waals surface area contributed by atoms with Crippen LogP contribution in [-0.4, -0.2) is 60.4 Å². The van der Waals surface area contributed by atoms with E-state index in [1.165, 1.54) is 19.2 Å². The lowest BCUT2D eigenvalue weighted by atomic mass is 10.2. The molecule has 1 aromatic carbocycles. The number of esters is 1. The summed E-state index contributed by atoms with van der Waals surface area (Å²) in [6, 6.07) is 2.71. The highest BCUT2D eigenvalue weighted by Crippen LogP contribution is 2.41. The lowest BCUT2D eigenvalue weighted by Crippen LogP contribution is -2.36. The van der Waals surface area contributed by atoms with Gasteiger partial charge in [-0.25, -0.2) is 9.78 Å². The van der Waals surface area contributed by atoms with Gasteiger partial charge in [-0.3, -0.25) is 19.9 Å². The highest BCUT2D eigenvalue weighted by Gasteiger charge is 2.24. The number of nitrogens with zero attached hydrogens (tertiary/aromatic N) is 3. The van der Waals surface area contributed by atoms with E-state index in [-0.39, 0.29) is 22.9 Å². The van der Waals surface area contributed by atoms with E-state index >= 15 is 0 Å². The molecular formula is C19H23N5O7. The van der Waals surface area contributed by atoms with Gasteiger partial charge in [0, 0.05) is 25.2 Å². The molecule has 1 aliphatic heterocycles. The summed E-state index contributed by atoms with van der Waals surface area (Å²) < 4.78 is 15.9. The number of carbonyl (C=O) groups excluding carboxylic acids is 1. The zero-order valence-corrected chi connectivity index (χ0v) is 17.3. The van der Waals surface area contributed by atoms with Crippen LogP contribution in [0.3, 0.4) is 0 Å². The Kier molecular flexibility index (Phi) is 6.70. The molecular weight excluding hydrogens is 410 g/mol. The number of nitrogens with one attached hydrogen (secondary N) is 2. The Labute approximate surface area is 177 Å². The van der Waals surface area contributed by atoms with Gasteiger partial charge in [-0.1, -0.05) is 0 Å². The van der Waals surface area contributed by atoms with Gasteiger partial charge in [0.25, 0.3) is 11.2 Å². The van der Waals surface area contributed by atoms with Crippen LogP contribution in [0.25, 0.3) is 0 Å². The normalized spacial score (nSPS) is 13.7. The molecule has 0 radical (unpaired) electrons. The summed E-state index contributed by atoms with van der Waals surface area (Å²) in [5, 5.41) is 14.3. The van der Waals surface area contributed by atoms with E-state index in [1.807, 2.05) is 4.90 Å². The zero-order valence-electron chi connectivity index (χ0n) is 17.3. The molecule has 2 heterocycles. The third-order valence-corrected chi connectivity index (χ3v) is 4.44. The largest absolute Gasteiger partial charge is 0.492 e. The summed E-state index contributed by atoms with van der Waals surface area (Å²) in [6.07, 6.45) is 0.691. The zero-order chi connectivity index (χ0) is 22.5. The first-order chi connectivity index (χ1) is 14.8. The summed E-state index contributed by atoms with van der Waals surface area (Å²) in [5.41, 5.74) is -0.370. The van der Waals surface area contributed by atoms with Crippen molar-refractivity contribution in [2.45, 2.75) is 20.0 Å². The number of morpholine rings is 1. The molecule has 0 unspecified atom stereocenters. The first-order valence-electron chi connectivity index (χ1n) is 9.56. The number of aromatic amines is 1. The second kappa shape index (κ2) is 9.43. The predicted molar refractivity (Wildman–Crippen MR) is 111 cm³/mol. The number of hydrogen-bond acceptors (Lipinski definition) is 10. The van der Waals surface area contributed by atoms with Gasteiger partial charge in [0.05, 0.1) is 48.9 Å². The molecule has 2 aromatic rings. The van der Waals surface area contributed by atoms with Crippen molar-refractivity contribution in [2.24, 2.45) is 0 Å². The van der Waals surface area contributed by atoms with Crippen molar-refractivity contribution in [3.63, 3.8) is 0 Å². The summed E-state index contributed by atoms with van der Waals surface area (Å²) in [4.78, 5) is 43.6. The maximum absolute atomic E-state index is 12.3. The van der Waals surface area contributed by atoms with E-state index in [2.05, 4.69) is 15.3 Å². The third-order valence-electron chi connectivity index (χ3n) is 4.44. The van der Waals surface area contributed by atoms with Crippen LogP contribution in [0.1, 0.15) is 24.2 Å². The molecule has 12 heteroatoms. The molecule has 0 aliphatic carbocycles. The Balaban J connectivity index is 1.97. The Bertz CT molecular complexity index is 1030. The molecule has 2 N–H and O–H groups in total. The van der Waals surface area contributed by atoms with Crippen LogP contribution < -0.4 is 20.5 Å². The van der Waals surface area contributed by atoms with E-state index in [4.69, 9.17) is 14.2 Å². The van der Waals surface area contributed by atoms with Crippen LogP contribution in [0.2, 0.25) is 0 Å². The van der Waals surface area contributed by atoms with Gasteiger partial charge >= 0.3 is 5.97 Å². The molecule has 1 fully saturated rings. The fraction of sp³-hybridized carbons (Fsp3) is 0.421. The molecule has 1 aliphatic rings. The van der Waals surface area contributed by atoms with Gasteiger partial charge in [0.2, 0.25) is 5.95 Å². The summed E-state index contributed by atoms with van der Waals surface area (Å²) in [6.45, 7) is 5.37. The first kappa shape index (κ1) is 22.0. The number of H-pyrrole nitrogens is 1. The van der Waals surface area contributed by atoms with E-state index in [9.17, 15) is 19.7 Å². The number of nitro groups is 1. The summed E-state index contributed by atoms with van der Waals surface area (Å²) >= 11 is 0. The summed E-state index contributed by atoms with van der Waals surface area (Å²) in [7, 11) is 1.44. The van der Waals surface area contributed by atoms with Crippen molar-refractivity contribution in [1.82, 2.24) is 9.97 Å². The molecule has 3 rings (SSSR count). The number of aromatic nitrogens is 2. The number of hydrogen-bond donors (Lipinski definition) is 2. The molecule has 0 saturated carbocycles. The molecule has 0 atom stereocenters. The number of anilines is 3. The minimum Gasteiger partial charge on any atom is -0.492 e. The molecule has 1 aromatic heterocycles. The average Bonchev–Trinajstić information content (AvgIpc) is 2.73. The summed E-state index contributed by atoms with van der Waals surface area (Å²) in [5.74, 6) is -0.464. The maximum atomic E-state index is 12.3. The highest BCUT2D eigenvalue weighted by atomic mass is 16.6. The van der Waals surface area contributed by atoms with Crippen LogP contribution in [0, 0.1) is 10.1 Å². The number of nitro benzene ring substituents is 1. The molecule has 1 saturated heterocycles. The SMILES string of the molecule is COc1c(Nc2ncc(C(=O)OC(C)C)c(=O)[nH]2)cc([N+](=O)[O-])cc1N1CCOCC1. The van der Waals surface area contributed by atoms with Crippen molar-refractivity contribution >= 4 is 29.0 Å². The van der Waals surface area contributed by atoms with Crippen LogP contribution in [0.15, 0.2) is 23.1 Å². The van der Waals surface area contributed by atoms with Crippen LogP contribution in [0.4, 0.5) is 23.0 Å². The fourth-order valence-corrected chi connectivity index (χ4v) is 3.06. The third kappa shape index (κ3) is 5.09. The van der Waals surface area contributed by atoms with Crippen molar-refractivity contribution in [3.05, 3.63) is 44.4 Å². The smallest absolute Gasteiger partial charge is 0.345 e. The van der Waals surface area contributed by atoms with Crippen molar-refractivity contribution < 1.29 is 23.9 Å². The number of carbonyl (C=O) groups is 1. The number of methoxy groups -OCH3 is 1. The van der Waals surface area contributed by atoms with Gasteiger partial charge in [0.1, 0.15) is 5.56 Å². The van der Waals surface area contributed by atoms with Crippen molar-refractivity contribution in [2.75, 3.05) is 43.6 Å². The van der Waals surface area contributed by atoms with E-state index in [0.717, 1.165) is 6.20 Å². The Morgan fingerprint density at radius 1 is 1.35 bits per heavy atom.